The van der Waals surface area contributed by atoms with E-state index in [1.165, 1.54) is 12.1 Å². The van der Waals surface area contributed by atoms with Crippen LogP contribution in [-0.2, 0) is 14.8 Å². The van der Waals surface area contributed by atoms with E-state index in [1.807, 2.05) is 0 Å². The normalized spacial score (nSPS) is 12.4. The minimum absolute atomic E-state index is 0.138. The Kier molecular flexibility index (Phi) is 4.69. The Morgan fingerprint density at radius 1 is 1.33 bits per heavy atom. The second kappa shape index (κ2) is 5.50. The summed E-state index contributed by atoms with van der Waals surface area (Å²) in [6.07, 6.45) is 0. The number of hydrogen-bond donors (Lipinski definition) is 1. The Balaban J connectivity index is 2.81. The zero-order valence-electron chi connectivity index (χ0n) is 10.5. The molecule has 0 atom stereocenters. The lowest BCUT2D eigenvalue weighted by Gasteiger charge is -2.16. The van der Waals surface area contributed by atoms with Crippen LogP contribution in [0.5, 0.6) is 0 Å². The maximum atomic E-state index is 11.9. The van der Waals surface area contributed by atoms with Gasteiger partial charge >= 0.3 is 0 Å². The van der Waals surface area contributed by atoms with Crippen molar-refractivity contribution < 1.29 is 13.2 Å². The first-order valence-corrected chi connectivity index (χ1v) is 7.69. The summed E-state index contributed by atoms with van der Waals surface area (Å²) in [6.45, 7) is 5.06. The molecule has 18 heavy (non-hydrogen) atoms. The van der Waals surface area contributed by atoms with E-state index >= 15 is 0 Å². The molecule has 0 spiro atoms. The molecular weight excluding hydrogens is 318 g/mol. The number of hydrogen-bond acceptors (Lipinski definition) is 3. The fourth-order valence-electron chi connectivity index (χ4n) is 1.14. The highest BCUT2D eigenvalue weighted by atomic mass is 79.9. The number of rotatable bonds is 4. The van der Waals surface area contributed by atoms with Crippen molar-refractivity contribution in [3.8, 4) is 0 Å². The van der Waals surface area contributed by atoms with Crippen molar-refractivity contribution >= 4 is 31.7 Å². The van der Waals surface area contributed by atoms with Crippen molar-refractivity contribution in [3.05, 3.63) is 28.7 Å². The van der Waals surface area contributed by atoms with Gasteiger partial charge in [0.2, 0.25) is 10.0 Å². The van der Waals surface area contributed by atoms with Gasteiger partial charge in [0.25, 0.3) is 0 Å². The quantitative estimate of drug-likeness (QED) is 0.919. The summed E-state index contributed by atoms with van der Waals surface area (Å²) >= 11 is 3.21. The predicted octanol–water partition coefficient (Wildman–Crippen LogP) is 2.34. The molecule has 0 amide bonds. The van der Waals surface area contributed by atoms with Crippen molar-refractivity contribution in [1.29, 1.82) is 0 Å². The average Bonchev–Trinajstić information content (AvgIpc) is 2.24. The molecule has 4 nitrogen and oxygen atoms in total. The van der Waals surface area contributed by atoms with E-state index in [4.69, 9.17) is 0 Å². The van der Waals surface area contributed by atoms with Crippen molar-refractivity contribution in [1.82, 2.24) is 4.72 Å². The second-order valence-electron chi connectivity index (χ2n) is 4.96. The number of Topliss-reactive ketones (excluding diaryl/α,β-unsaturated/α-hetero) is 1. The SMILES string of the molecule is CC(C)(C)C(=O)CNS(=O)(=O)c1cccc(Br)c1. The molecular formula is C12H16BrNO3S. The monoisotopic (exact) mass is 333 g/mol. The number of halogens is 1. The Morgan fingerprint density at radius 3 is 2.44 bits per heavy atom. The van der Waals surface area contributed by atoms with Gasteiger partial charge in [-0.15, -0.1) is 0 Å². The zero-order valence-corrected chi connectivity index (χ0v) is 12.9. The van der Waals surface area contributed by atoms with Crippen LogP contribution < -0.4 is 4.72 Å². The van der Waals surface area contributed by atoms with Crippen LogP contribution in [0, 0.1) is 5.41 Å². The molecule has 0 aliphatic carbocycles. The molecule has 1 rings (SSSR count). The molecule has 0 fully saturated rings. The first kappa shape index (κ1) is 15.3. The summed E-state index contributed by atoms with van der Waals surface area (Å²) in [7, 11) is -3.64. The Morgan fingerprint density at radius 2 is 1.94 bits per heavy atom. The third-order valence-electron chi connectivity index (χ3n) is 2.37. The summed E-state index contributed by atoms with van der Waals surface area (Å²) in [5.41, 5.74) is -0.556. The van der Waals surface area contributed by atoms with Crippen LogP contribution in [-0.4, -0.2) is 20.7 Å². The number of nitrogens with one attached hydrogen (secondary N) is 1. The van der Waals surface area contributed by atoms with Crippen LogP contribution in [0.15, 0.2) is 33.6 Å². The van der Waals surface area contributed by atoms with Gasteiger partial charge in [-0.3, -0.25) is 4.79 Å². The maximum absolute atomic E-state index is 11.9. The molecule has 0 bridgehead atoms. The van der Waals surface area contributed by atoms with Crippen LogP contribution >= 0.6 is 15.9 Å². The smallest absolute Gasteiger partial charge is 0.241 e. The lowest BCUT2D eigenvalue weighted by atomic mass is 9.91. The fraction of sp³-hybridized carbons (Fsp3) is 0.417. The van der Waals surface area contributed by atoms with Gasteiger partial charge in [-0.1, -0.05) is 42.8 Å². The molecule has 0 unspecified atom stereocenters. The van der Waals surface area contributed by atoms with Gasteiger partial charge < -0.3 is 0 Å². The molecule has 0 radical (unpaired) electrons. The molecule has 0 saturated carbocycles. The standard InChI is InChI=1S/C12H16BrNO3S/c1-12(2,3)11(15)8-14-18(16,17)10-6-4-5-9(13)7-10/h4-7,14H,8H2,1-3H3. The Labute approximate surface area is 116 Å². The fourth-order valence-corrected chi connectivity index (χ4v) is 2.72. The summed E-state index contributed by atoms with van der Waals surface area (Å²) in [5.74, 6) is -0.152. The lowest BCUT2D eigenvalue weighted by Crippen LogP contribution is -2.35. The number of benzene rings is 1. The molecule has 6 heteroatoms. The van der Waals surface area contributed by atoms with E-state index in [2.05, 4.69) is 20.7 Å². The predicted molar refractivity (Wildman–Crippen MR) is 73.8 cm³/mol. The largest absolute Gasteiger partial charge is 0.298 e. The van der Waals surface area contributed by atoms with Crippen LogP contribution in [0.25, 0.3) is 0 Å². The third kappa shape index (κ3) is 4.19. The van der Waals surface area contributed by atoms with Crippen molar-refractivity contribution in [3.63, 3.8) is 0 Å². The van der Waals surface area contributed by atoms with E-state index in [9.17, 15) is 13.2 Å². The topological polar surface area (TPSA) is 63.2 Å². The molecule has 0 aliphatic rings. The number of ketones is 1. The van der Waals surface area contributed by atoms with E-state index in [1.54, 1.807) is 32.9 Å². The average molecular weight is 334 g/mol. The van der Waals surface area contributed by atoms with Gasteiger partial charge in [0.05, 0.1) is 11.4 Å². The van der Waals surface area contributed by atoms with Gasteiger partial charge in [0.1, 0.15) is 0 Å². The van der Waals surface area contributed by atoms with Gasteiger partial charge in [-0.25, -0.2) is 13.1 Å². The van der Waals surface area contributed by atoms with Gasteiger partial charge in [0.15, 0.2) is 5.78 Å². The highest BCUT2D eigenvalue weighted by Crippen LogP contribution is 2.17. The van der Waals surface area contributed by atoms with Crippen molar-refractivity contribution in [2.75, 3.05) is 6.54 Å². The number of sulfonamides is 1. The maximum Gasteiger partial charge on any atom is 0.241 e. The summed E-state index contributed by atoms with van der Waals surface area (Å²) in [6, 6.07) is 6.34. The molecule has 0 saturated heterocycles. The molecule has 1 N–H and O–H groups in total. The summed E-state index contributed by atoms with van der Waals surface area (Å²) in [4.78, 5) is 11.8. The first-order valence-electron chi connectivity index (χ1n) is 5.41. The van der Waals surface area contributed by atoms with E-state index in [0.717, 1.165) is 0 Å². The first-order chi connectivity index (χ1) is 8.13. The molecule has 1 aromatic rings. The van der Waals surface area contributed by atoms with Crippen LogP contribution in [0.4, 0.5) is 0 Å². The minimum atomic E-state index is -3.64. The van der Waals surface area contributed by atoms with Gasteiger partial charge in [0, 0.05) is 9.89 Å². The van der Waals surface area contributed by atoms with E-state index < -0.39 is 15.4 Å². The molecule has 1 aromatic carbocycles. The third-order valence-corrected chi connectivity index (χ3v) is 4.26. The highest BCUT2D eigenvalue weighted by Gasteiger charge is 2.23. The lowest BCUT2D eigenvalue weighted by molar-refractivity contribution is -0.125. The highest BCUT2D eigenvalue weighted by molar-refractivity contribution is 9.10. The summed E-state index contributed by atoms with van der Waals surface area (Å²) < 4.78 is 26.8. The Bertz CT molecular complexity index is 547. The van der Waals surface area contributed by atoms with Crippen LogP contribution in [0.1, 0.15) is 20.8 Å². The second-order valence-corrected chi connectivity index (χ2v) is 7.64. The molecule has 0 aromatic heterocycles. The van der Waals surface area contributed by atoms with E-state index in [-0.39, 0.29) is 17.2 Å². The molecule has 0 heterocycles. The van der Waals surface area contributed by atoms with Gasteiger partial charge in [-0.05, 0) is 18.2 Å². The number of carbonyl (C=O) groups is 1. The van der Waals surface area contributed by atoms with E-state index in [0.29, 0.717) is 4.47 Å². The zero-order chi connectivity index (χ0) is 14.0. The van der Waals surface area contributed by atoms with Gasteiger partial charge in [-0.2, -0.15) is 0 Å². The minimum Gasteiger partial charge on any atom is -0.298 e. The van der Waals surface area contributed by atoms with Crippen LogP contribution in [0.2, 0.25) is 0 Å². The van der Waals surface area contributed by atoms with Crippen molar-refractivity contribution in [2.45, 2.75) is 25.7 Å². The summed E-state index contributed by atoms with van der Waals surface area (Å²) in [5, 5.41) is 0. The number of carbonyl (C=O) groups excluding carboxylic acids is 1. The molecule has 100 valence electrons. The Hall–Kier alpha value is -0.720. The molecule has 0 aliphatic heterocycles. The van der Waals surface area contributed by atoms with Crippen LogP contribution in [0.3, 0.4) is 0 Å². The van der Waals surface area contributed by atoms with Crippen molar-refractivity contribution in [2.24, 2.45) is 5.41 Å².